The van der Waals surface area contributed by atoms with E-state index in [9.17, 15) is 13.2 Å². The van der Waals surface area contributed by atoms with Gasteiger partial charge in [-0.15, -0.1) is 10.2 Å². The van der Waals surface area contributed by atoms with Gasteiger partial charge in [-0.1, -0.05) is 42.5 Å². The van der Waals surface area contributed by atoms with Gasteiger partial charge >= 0.3 is 0 Å². The smallest absolute Gasteiger partial charge is 0.272 e. The number of amides is 1. The van der Waals surface area contributed by atoms with Gasteiger partial charge in [-0.05, 0) is 29.3 Å². The van der Waals surface area contributed by atoms with Gasteiger partial charge in [0.1, 0.15) is 0 Å². The van der Waals surface area contributed by atoms with Crippen molar-refractivity contribution in [2.45, 2.75) is 10.9 Å². The van der Waals surface area contributed by atoms with Gasteiger partial charge in [0.25, 0.3) is 5.91 Å². The van der Waals surface area contributed by atoms with E-state index in [1.54, 1.807) is 24.3 Å². The van der Waals surface area contributed by atoms with Crippen LogP contribution < -0.4 is 10.1 Å². The van der Waals surface area contributed by atoms with Crippen LogP contribution in [0.1, 0.15) is 27.7 Å². The van der Waals surface area contributed by atoms with E-state index in [1.807, 2.05) is 30.3 Å². The third-order valence-corrected chi connectivity index (χ3v) is 5.22. The van der Waals surface area contributed by atoms with Gasteiger partial charge in [0.2, 0.25) is 5.88 Å². The fourth-order valence-electron chi connectivity index (χ4n) is 2.68. The molecule has 8 heteroatoms. The van der Waals surface area contributed by atoms with Gasteiger partial charge < -0.3 is 10.1 Å². The largest absolute Gasteiger partial charge is 0.480 e. The predicted molar refractivity (Wildman–Crippen MR) is 104 cm³/mol. The van der Waals surface area contributed by atoms with Crippen LogP contribution in [0.5, 0.6) is 5.88 Å². The predicted octanol–water partition coefficient (Wildman–Crippen LogP) is 2.41. The van der Waals surface area contributed by atoms with Crippen molar-refractivity contribution >= 4 is 15.7 Å². The normalized spacial score (nSPS) is 12.2. The molecule has 0 fully saturated rings. The van der Waals surface area contributed by atoms with Gasteiger partial charge in [0.05, 0.1) is 18.0 Å². The molecule has 1 heterocycles. The third kappa shape index (κ3) is 4.52. The van der Waals surface area contributed by atoms with Gasteiger partial charge in [-0.3, -0.25) is 4.79 Å². The topological polar surface area (TPSA) is 98.2 Å². The molecule has 144 valence electrons. The highest BCUT2D eigenvalue weighted by Crippen LogP contribution is 2.24. The summed E-state index contributed by atoms with van der Waals surface area (Å²) in [6.07, 6.45) is 1.15. The Kier molecular flexibility index (Phi) is 5.70. The highest BCUT2D eigenvalue weighted by atomic mass is 32.2. The molecule has 0 spiro atoms. The summed E-state index contributed by atoms with van der Waals surface area (Å²) in [6, 6.07) is 18.3. The van der Waals surface area contributed by atoms with E-state index in [0.717, 1.165) is 11.8 Å². The van der Waals surface area contributed by atoms with Crippen molar-refractivity contribution in [1.82, 2.24) is 15.5 Å². The summed E-state index contributed by atoms with van der Waals surface area (Å²) in [4.78, 5) is 12.9. The molecule has 0 aliphatic rings. The molecule has 1 unspecified atom stereocenters. The lowest BCUT2D eigenvalue weighted by Crippen LogP contribution is -2.30. The van der Waals surface area contributed by atoms with Crippen molar-refractivity contribution in [3.05, 3.63) is 83.6 Å². The summed E-state index contributed by atoms with van der Waals surface area (Å²) < 4.78 is 28.8. The zero-order valence-corrected chi connectivity index (χ0v) is 16.2. The van der Waals surface area contributed by atoms with Gasteiger partial charge in [-0.25, -0.2) is 8.42 Å². The molecule has 28 heavy (non-hydrogen) atoms. The fourth-order valence-corrected chi connectivity index (χ4v) is 3.36. The molecule has 3 aromatic rings. The third-order valence-electron chi connectivity index (χ3n) is 4.11. The summed E-state index contributed by atoms with van der Waals surface area (Å²) in [6.45, 7) is 0. The lowest BCUT2D eigenvalue weighted by atomic mass is 9.98. The van der Waals surface area contributed by atoms with Crippen LogP contribution >= 0.6 is 0 Å². The van der Waals surface area contributed by atoms with Crippen LogP contribution in [-0.2, 0) is 9.84 Å². The quantitative estimate of drug-likeness (QED) is 0.686. The Morgan fingerprint density at radius 2 is 1.68 bits per heavy atom. The molecule has 2 aromatic carbocycles. The van der Waals surface area contributed by atoms with E-state index in [1.165, 1.54) is 19.2 Å². The average molecular weight is 397 g/mol. The standard InChI is InChI=1S/C20H19N3O4S/c1-27-18-12-11-17(22-23-18)20(24)21-19(14-7-4-3-5-8-14)15-9-6-10-16(13-15)28(2,25)26/h3-13,19H,1-2H3,(H,21,24). The molecular weight excluding hydrogens is 378 g/mol. The molecule has 0 saturated heterocycles. The van der Waals surface area contributed by atoms with Crippen LogP contribution in [0, 0.1) is 0 Å². The molecule has 0 aliphatic heterocycles. The zero-order valence-electron chi connectivity index (χ0n) is 15.4. The SMILES string of the molecule is COc1ccc(C(=O)NC(c2ccccc2)c2cccc(S(C)(=O)=O)c2)nn1. The van der Waals surface area contributed by atoms with Crippen molar-refractivity contribution in [2.75, 3.05) is 13.4 Å². The molecule has 7 nitrogen and oxygen atoms in total. The van der Waals surface area contributed by atoms with Crippen molar-refractivity contribution in [3.8, 4) is 5.88 Å². The number of nitrogens with zero attached hydrogens (tertiary/aromatic N) is 2. The number of carbonyl (C=O) groups excluding carboxylic acids is 1. The van der Waals surface area contributed by atoms with Crippen LogP contribution in [0.25, 0.3) is 0 Å². The molecule has 1 atom stereocenters. The Labute approximate surface area is 163 Å². The molecule has 1 amide bonds. The minimum Gasteiger partial charge on any atom is -0.480 e. The minimum atomic E-state index is -3.38. The highest BCUT2D eigenvalue weighted by molar-refractivity contribution is 7.90. The van der Waals surface area contributed by atoms with E-state index < -0.39 is 21.8 Å². The van der Waals surface area contributed by atoms with E-state index in [2.05, 4.69) is 15.5 Å². The first-order valence-corrected chi connectivity index (χ1v) is 10.3. The number of hydrogen-bond donors (Lipinski definition) is 1. The fraction of sp³-hybridized carbons (Fsp3) is 0.150. The first-order chi connectivity index (χ1) is 13.4. The lowest BCUT2D eigenvalue weighted by Gasteiger charge is -2.20. The van der Waals surface area contributed by atoms with Crippen LogP contribution in [0.15, 0.2) is 71.6 Å². The summed E-state index contributed by atoms with van der Waals surface area (Å²) in [5.74, 6) is -0.134. The Hall–Kier alpha value is -3.26. The van der Waals surface area contributed by atoms with E-state index in [0.29, 0.717) is 11.4 Å². The number of methoxy groups -OCH3 is 1. The van der Waals surface area contributed by atoms with Crippen LogP contribution in [-0.4, -0.2) is 37.9 Å². The summed E-state index contributed by atoms with van der Waals surface area (Å²) in [5, 5.41) is 10.6. The molecule has 0 saturated carbocycles. The number of ether oxygens (including phenoxy) is 1. The Morgan fingerprint density at radius 3 is 2.29 bits per heavy atom. The second-order valence-corrected chi connectivity index (χ2v) is 8.14. The number of nitrogens with one attached hydrogen (secondary N) is 1. The minimum absolute atomic E-state index is 0.126. The maximum Gasteiger partial charge on any atom is 0.272 e. The maximum atomic E-state index is 12.7. The maximum absolute atomic E-state index is 12.7. The Bertz CT molecular complexity index is 1070. The number of sulfone groups is 1. The van der Waals surface area contributed by atoms with Crippen LogP contribution in [0.2, 0.25) is 0 Å². The molecule has 0 radical (unpaired) electrons. The molecular formula is C20H19N3O4S. The first-order valence-electron chi connectivity index (χ1n) is 8.42. The van der Waals surface area contributed by atoms with Gasteiger partial charge in [0.15, 0.2) is 15.5 Å². The molecule has 0 bridgehead atoms. The highest BCUT2D eigenvalue weighted by Gasteiger charge is 2.20. The van der Waals surface area contributed by atoms with Crippen LogP contribution in [0.4, 0.5) is 0 Å². The monoisotopic (exact) mass is 397 g/mol. The van der Waals surface area contributed by atoms with Crippen molar-refractivity contribution < 1.29 is 17.9 Å². The summed E-state index contributed by atoms with van der Waals surface area (Å²) in [5.41, 5.74) is 1.58. The van der Waals surface area contributed by atoms with E-state index >= 15 is 0 Å². The second kappa shape index (κ2) is 8.18. The zero-order chi connectivity index (χ0) is 20.1. The Balaban J connectivity index is 1.97. The van der Waals surface area contributed by atoms with Crippen molar-refractivity contribution in [3.63, 3.8) is 0 Å². The molecule has 1 N–H and O–H groups in total. The Morgan fingerprint density at radius 1 is 0.964 bits per heavy atom. The van der Waals surface area contributed by atoms with Crippen molar-refractivity contribution in [1.29, 1.82) is 0 Å². The second-order valence-electron chi connectivity index (χ2n) is 6.12. The molecule has 1 aromatic heterocycles. The van der Waals surface area contributed by atoms with E-state index in [-0.39, 0.29) is 10.6 Å². The number of rotatable bonds is 6. The first kappa shape index (κ1) is 19.5. The number of aromatic nitrogens is 2. The number of benzene rings is 2. The summed E-state index contributed by atoms with van der Waals surface area (Å²) in [7, 11) is -1.92. The lowest BCUT2D eigenvalue weighted by molar-refractivity contribution is 0.0936. The summed E-state index contributed by atoms with van der Waals surface area (Å²) >= 11 is 0. The average Bonchev–Trinajstić information content (AvgIpc) is 2.72. The molecule has 0 aliphatic carbocycles. The number of hydrogen-bond acceptors (Lipinski definition) is 6. The number of carbonyl (C=O) groups is 1. The van der Waals surface area contributed by atoms with Gasteiger partial charge in [0, 0.05) is 12.3 Å². The van der Waals surface area contributed by atoms with Crippen molar-refractivity contribution in [2.24, 2.45) is 0 Å². The molecule has 3 rings (SSSR count). The van der Waals surface area contributed by atoms with Gasteiger partial charge in [-0.2, -0.15) is 0 Å². The van der Waals surface area contributed by atoms with Crippen LogP contribution in [0.3, 0.4) is 0 Å². The van der Waals surface area contributed by atoms with E-state index in [4.69, 9.17) is 4.74 Å².